The Morgan fingerprint density at radius 2 is 1.85 bits per heavy atom. The van der Waals surface area contributed by atoms with Gasteiger partial charge in [0.25, 0.3) is 0 Å². The Morgan fingerprint density at radius 3 is 2.44 bits per heavy atom. The summed E-state index contributed by atoms with van der Waals surface area (Å²) in [6, 6.07) is 7.16. The quantitative estimate of drug-likeness (QED) is 0.780. The van der Waals surface area contributed by atoms with Gasteiger partial charge in [0.1, 0.15) is 0 Å². The minimum atomic E-state index is -3.74. The van der Waals surface area contributed by atoms with E-state index in [1.807, 2.05) is 12.1 Å². The summed E-state index contributed by atoms with van der Waals surface area (Å²) in [4.78, 5) is 13.5. The topological polar surface area (TPSA) is 75.3 Å². The second-order valence-corrected chi connectivity index (χ2v) is 10.2. The van der Waals surface area contributed by atoms with Gasteiger partial charge in [0.2, 0.25) is 5.91 Å². The van der Waals surface area contributed by atoms with Crippen molar-refractivity contribution in [2.24, 2.45) is 0 Å². The number of carbonyl (C=O) groups excluding carboxylic acids is 1. The third kappa shape index (κ3) is 4.21. The van der Waals surface area contributed by atoms with Crippen LogP contribution in [-0.2, 0) is 21.1 Å². The second kappa shape index (κ2) is 8.74. The van der Waals surface area contributed by atoms with Crippen molar-refractivity contribution in [1.29, 1.82) is 0 Å². The Balaban J connectivity index is 1.88. The number of nitrogens with one attached hydrogen (secondary N) is 2. The van der Waals surface area contributed by atoms with E-state index >= 15 is 0 Å². The molecule has 0 radical (unpaired) electrons. The summed E-state index contributed by atoms with van der Waals surface area (Å²) in [5.74, 6) is -0.298. The van der Waals surface area contributed by atoms with Crippen LogP contribution in [0.4, 0.5) is 0 Å². The molecule has 2 fully saturated rings. The smallest absolute Gasteiger partial charge is 0.242 e. The number of carbonyl (C=O) groups is 1. The predicted molar refractivity (Wildman–Crippen MR) is 107 cm³/mol. The fraction of sp³-hybridized carbons (Fsp3) is 0.667. The Kier molecular flexibility index (Phi) is 6.58. The van der Waals surface area contributed by atoms with Crippen LogP contribution in [0.15, 0.2) is 29.2 Å². The van der Waals surface area contributed by atoms with Crippen LogP contribution in [0.1, 0.15) is 63.9 Å². The van der Waals surface area contributed by atoms with E-state index in [9.17, 15) is 13.2 Å². The maximum atomic E-state index is 13.6. The molecule has 0 bridgehead atoms. The first kappa shape index (κ1) is 20.3. The molecule has 2 aliphatic rings. The van der Waals surface area contributed by atoms with Crippen molar-refractivity contribution in [3.63, 3.8) is 0 Å². The zero-order chi connectivity index (χ0) is 19.3. The molecule has 0 unspecified atom stereocenters. The molecule has 1 aliphatic carbocycles. The number of sulfone groups is 1. The predicted octanol–water partition coefficient (Wildman–Crippen LogP) is 2.98. The van der Waals surface area contributed by atoms with E-state index in [1.54, 1.807) is 12.1 Å². The van der Waals surface area contributed by atoms with Gasteiger partial charge in [0, 0.05) is 12.6 Å². The molecule has 1 saturated heterocycles. The van der Waals surface area contributed by atoms with Gasteiger partial charge in [0.15, 0.2) is 14.6 Å². The normalized spacial score (nSPS) is 22.9. The Hall–Kier alpha value is -1.40. The molecule has 150 valence electrons. The lowest BCUT2D eigenvalue weighted by Crippen LogP contribution is -2.57. The molecule has 27 heavy (non-hydrogen) atoms. The molecule has 1 aromatic carbocycles. The maximum absolute atomic E-state index is 13.6. The number of rotatable bonds is 6. The fourth-order valence-corrected chi connectivity index (χ4v) is 6.46. The van der Waals surface area contributed by atoms with Gasteiger partial charge in [-0.15, -0.1) is 0 Å². The molecule has 1 saturated carbocycles. The molecule has 1 amide bonds. The van der Waals surface area contributed by atoms with Gasteiger partial charge in [-0.25, -0.2) is 8.42 Å². The SMILES string of the molecule is CCCc1ccc(S(=O)(=O)C2(C(=O)N[C@@H]3CCCNC3)CCCCC2)cc1. The molecule has 1 aliphatic heterocycles. The van der Waals surface area contributed by atoms with E-state index in [2.05, 4.69) is 17.6 Å². The highest BCUT2D eigenvalue weighted by Gasteiger charge is 2.51. The van der Waals surface area contributed by atoms with Crippen LogP contribution < -0.4 is 10.6 Å². The van der Waals surface area contributed by atoms with Gasteiger partial charge in [-0.05, 0) is 56.3 Å². The van der Waals surface area contributed by atoms with E-state index in [4.69, 9.17) is 0 Å². The van der Waals surface area contributed by atoms with E-state index in [-0.39, 0.29) is 16.8 Å². The average Bonchev–Trinajstić information content (AvgIpc) is 2.70. The molecule has 0 spiro atoms. The van der Waals surface area contributed by atoms with Gasteiger partial charge < -0.3 is 10.6 Å². The largest absolute Gasteiger partial charge is 0.351 e. The van der Waals surface area contributed by atoms with Gasteiger partial charge in [-0.2, -0.15) is 0 Å². The first-order chi connectivity index (χ1) is 13.0. The number of benzene rings is 1. The number of amides is 1. The molecule has 2 N–H and O–H groups in total. The fourth-order valence-electron chi connectivity index (χ4n) is 4.38. The Bertz CT molecular complexity index is 731. The van der Waals surface area contributed by atoms with Gasteiger partial charge in [-0.1, -0.05) is 44.7 Å². The van der Waals surface area contributed by atoms with Crippen molar-refractivity contribution in [1.82, 2.24) is 10.6 Å². The third-order valence-electron chi connectivity index (χ3n) is 5.99. The van der Waals surface area contributed by atoms with E-state index in [0.717, 1.165) is 57.1 Å². The molecule has 1 aromatic rings. The summed E-state index contributed by atoms with van der Waals surface area (Å²) in [6.07, 6.45) is 7.24. The second-order valence-electron chi connectivity index (χ2n) is 7.97. The molecule has 1 heterocycles. The van der Waals surface area contributed by atoms with Crippen molar-refractivity contribution in [2.75, 3.05) is 13.1 Å². The summed E-state index contributed by atoms with van der Waals surface area (Å²) in [5, 5.41) is 6.34. The number of hydrogen-bond donors (Lipinski definition) is 2. The van der Waals surface area contributed by atoms with Crippen LogP contribution in [0.2, 0.25) is 0 Å². The van der Waals surface area contributed by atoms with Crippen molar-refractivity contribution < 1.29 is 13.2 Å². The molecule has 3 rings (SSSR count). The highest BCUT2D eigenvalue weighted by Crippen LogP contribution is 2.39. The number of piperidine rings is 1. The zero-order valence-electron chi connectivity index (χ0n) is 16.3. The van der Waals surface area contributed by atoms with Crippen molar-refractivity contribution in [3.8, 4) is 0 Å². The van der Waals surface area contributed by atoms with Crippen LogP contribution >= 0.6 is 0 Å². The highest BCUT2D eigenvalue weighted by atomic mass is 32.2. The summed E-state index contributed by atoms with van der Waals surface area (Å²) < 4.78 is 25.8. The maximum Gasteiger partial charge on any atom is 0.242 e. The first-order valence-electron chi connectivity index (χ1n) is 10.3. The summed E-state index contributed by atoms with van der Waals surface area (Å²) >= 11 is 0. The molecule has 5 nitrogen and oxygen atoms in total. The van der Waals surface area contributed by atoms with Crippen molar-refractivity contribution >= 4 is 15.7 Å². The molecular weight excluding hydrogens is 360 g/mol. The van der Waals surface area contributed by atoms with Crippen molar-refractivity contribution in [3.05, 3.63) is 29.8 Å². The number of hydrogen-bond acceptors (Lipinski definition) is 4. The first-order valence-corrected chi connectivity index (χ1v) is 11.8. The molecule has 6 heteroatoms. The van der Waals surface area contributed by atoms with Crippen LogP contribution in [0, 0.1) is 0 Å². The molecule has 0 aromatic heterocycles. The zero-order valence-corrected chi connectivity index (χ0v) is 17.1. The average molecular weight is 393 g/mol. The minimum Gasteiger partial charge on any atom is -0.351 e. The standard InChI is InChI=1S/C21H32N2O3S/c1-2-7-17-9-11-19(12-10-17)27(25,26)21(13-4-3-5-14-21)20(24)23-18-8-6-15-22-16-18/h9-12,18,22H,2-8,13-16H2,1H3,(H,23,24)/t18-/m1/s1. The van der Waals surface area contributed by atoms with Gasteiger partial charge in [-0.3, -0.25) is 4.79 Å². The monoisotopic (exact) mass is 392 g/mol. The van der Waals surface area contributed by atoms with Crippen LogP contribution in [-0.4, -0.2) is 38.2 Å². The Morgan fingerprint density at radius 1 is 1.15 bits per heavy atom. The van der Waals surface area contributed by atoms with Crippen LogP contribution in [0.25, 0.3) is 0 Å². The number of aryl methyl sites for hydroxylation is 1. The summed E-state index contributed by atoms with van der Waals surface area (Å²) in [7, 11) is -3.74. The third-order valence-corrected chi connectivity index (χ3v) is 8.51. The van der Waals surface area contributed by atoms with Crippen LogP contribution in [0.5, 0.6) is 0 Å². The van der Waals surface area contributed by atoms with Gasteiger partial charge >= 0.3 is 0 Å². The van der Waals surface area contributed by atoms with E-state index in [1.165, 1.54) is 0 Å². The van der Waals surface area contributed by atoms with E-state index in [0.29, 0.717) is 19.4 Å². The summed E-state index contributed by atoms with van der Waals surface area (Å²) in [5.41, 5.74) is 1.13. The summed E-state index contributed by atoms with van der Waals surface area (Å²) in [6.45, 7) is 3.78. The molecule has 1 atom stereocenters. The van der Waals surface area contributed by atoms with Gasteiger partial charge in [0.05, 0.1) is 4.90 Å². The minimum absolute atomic E-state index is 0.0205. The lowest BCUT2D eigenvalue weighted by atomic mass is 9.87. The Labute approximate surface area is 163 Å². The van der Waals surface area contributed by atoms with E-state index < -0.39 is 14.6 Å². The lowest BCUT2D eigenvalue weighted by Gasteiger charge is -2.37. The van der Waals surface area contributed by atoms with Crippen molar-refractivity contribution in [2.45, 2.75) is 80.4 Å². The molecular formula is C21H32N2O3S. The lowest BCUT2D eigenvalue weighted by molar-refractivity contribution is -0.125. The highest BCUT2D eigenvalue weighted by molar-refractivity contribution is 7.93. The van der Waals surface area contributed by atoms with Crippen LogP contribution in [0.3, 0.4) is 0 Å².